The van der Waals surface area contributed by atoms with Gasteiger partial charge in [-0.2, -0.15) is 8.78 Å². The summed E-state index contributed by atoms with van der Waals surface area (Å²) in [4.78, 5) is 19.1. The molecule has 0 radical (unpaired) electrons. The van der Waals surface area contributed by atoms with Crippen LogP contribution in [-0.4, -0.2) is 9.85 Å². The minimum absolute atomic E-state index is 0.0261. The zero-order valence-electron chi connectivity index (χ0n) is 12.5. The highest BCUT2D eigenvalue weighted by atomic mass is 79.9. The van der Waals surface area contributed by atoms with Gasteiger partial charge < -0.3 is 10.9 Å². The van der Waals surface area contributed by atoms with Gasteiger partial charge in [0.15, 0.2) is 0 Å². The van der Waals surface area contributed by atoms with Gasteiger partial charge in [-0.3, -0.25) is 31.9 Å². The molecule has 2 aromatic rings. The summed E-state index contributed by atoms with van der Waals surface area (Å²) in [5.74, 6) is 8.05. The Hall–Kier alpha value is -2.42. The van der Waals surface area contributed by atoms with E-state index in [2.05, 4.69) is 31.9 Å². The third kappa shape index (κ3) is 4.81. The standard InChI is InChI=1S/2C6H5BrFN3O2/c2*7-3-1-2-4(10-9)6(5(3)8)11(12)13/h2*1-2,10H,9H2. The SMILES string of the molecule is NNc1ccc(Br)c(F)c1[N+](=O)[O-].NNc1ccc(Br)c(F)c1[N+](=O)[O-]. The summed E-state index contributed by atoms with van der Waals surface area (Å²) in [6.45, 7) is 0. The maximum absolute atomic E-state index is 13.1. The Morgan fingerprint density at radius 2 is 1.12 bits per heavy atom. The topological polar surface area (TPSA) is 162 Å². The van der Waals surface area contributed by atoms with Crippen LogP contribution in [0.3, 0.4) is 0 Å². The first-order valence-electron chi connectivity index (χ1n) is 6.33. The van der Waals surface area contributed by atoms with Gasteiger partial charge in [0.1, 0.15) is 11.4 Å². The number of halogens is 4. The van der Waals surface area contributed by atoms with Gasteiger partial charge in [0.2, 0.25) is 11.6 Å². The predicted molar refractivity (Wildman–Crippen MR) is 97.1 cm³/mol. The fourth-order valence-electron chi connectivity index (χ4n) is 1.67. The Morgan fingerprint density at radius 1 is 0.808 bits per heavy atom. The van der Waals surface area contributed by atoms with E-state index in [1.165, 1.54) is 24.3 Å². The normalized spacial score (nSPS) is 9.77. The average Bonchev–Trinajstić information content (AvgIpc) is 2.59. The summed E-state index contributed by atoms with van der Waals surface area (Å²) in [5, 5.41) is 20.8. The number of nitrogens with one attached hydrogen (secondary N) is 2. The fraction of sp³-hybridized carbons (Fsp3) is 0. The van der Waals surface area contributed by atoms with Gasteiger partial charge in [-0.15, -0.1) is 0 Å². The highest BCUT2D eigenvalue weighted by Gasteiger charge is 2.22. The van der Waals surface area contributed by atoms with E-state index in [4.69, 9.17) is 11.7 Å². The van der Waals surface area contributed by atoms with Crippen LogP contribution in [0.15, 0.2) is 33.2 Å². The summed E-state index contributed by atoms with van der Waals surface area (Å²) in [6.07, 6.45) is 0. The molecular weight excluding hydrogens is 490 g/mol. The van der Waals surface area contributed by atoms with Crippen molar-refractivity contribution in [2.24, 2.45) is 11.7 Å². The van der Waals surface area contributed by atoms with Crippen molar-refractivity contribution in [3.05, 3.63) is 65.1 Å². The highest BCUT2D eigenvalue weighted by Crippen LogP contribution is 2.32. The zero-order valence-corrected chi connectivity index (χ0v) is 15.7. The van der Waals surface area contributed by atoms with Gasteiger partial charge in [-0.05, 0) is 56.1 Å². The number of hydrogen-bond acceptors (Lipinski definition) is 8. The van der Waals surface area contributed by atoms with Crippen molar-refractivity contribution < 1.29 is 18.6 Å². The van der Waals surface area contributed by atoms with Crippen LogP contribution in [0.25, 0.3) is 0 Å². The summed E-state index contributed by atoms with van der Waals surface area (Å²) in [6, 6.07) is 5.28. The first-order valence-corrected chi connectivity index (χ1v) is 7.92. The van der Waals surface area contributed by atoms with Crippen LogP contribution in [0.2, 0.25) is 0 Å². The van der Waals surface area contributed by atoms with Gasteiger partial charge in [0.05, 0.1) is 18.8 Å². The summed E-state index contributed by atoms with van der Waals surface area (Å²) >= 11 is 5.66. The molecule has 0 aliphatic heterocycles. The second-order valence-corrected chi connectivity index (χ2v) is 6.03. The van der Waals surface area contributed by atoms with Crippen LogP contribution in [0.5, 0.6) is 0 Å². The number of nitrogen functional groups attached to an aromatic ring is 2. The molecule has 0 saturated carbocycles. The van der Waals surface area contributed by atoms with E-state index in [0.717, 1.165) is 0 Å². The van der Waals surface area contributed by atoms with Crippen molar-refractivity contribution in [3.8, 4) is 0 Å². The monoisotopic (exact) mass is 498 g/mol. The van der Waals surface area contributed by atoms with Crippen LogP contribution in [0, 0.1) is 31.9 Å². The molecule has 0 aliphatic carbocycles. The molecule has 0 fully saturated rings. The number of anilines is 2. The lowest BCUT2D eigenvalue weighted by atomic mass is 10.2. The molecule has 140 valence electrons. The van der Waals surface area contributed by atoms with Crippen molar-refractivity contribution in [1.29, 1.82) is 0 Å². The van der Waals surface area contributed by atoms with Crippen molar-refractivity contribution in [2.75, 3.05) is 10.9 Å². The second kappa shape index (κ2) is 9.33. The van der Waals surface area contributed by atoms with E-state index in [1.54, 1.807) is 0 Å². The number of nitro groups is 2. The molecule has 6 N–H and O–H groups in total. The van der Waals surface area contributed by atoms with E-state index >= 15 is 0 Å². The maximum atomic E-state index is 13.1. The minimum Gasteiger partial charge on any atom is -0.318 e. The molecule has 0 heterocycles. The van der Waals surface area contributed by atoms with Crippen LogP contribution in [-0.2, 0) is 0 Å². The Labute approximate surface area is 161 Å². The Balaban J connectivity index is 0.000000260. The van der Waals surface area contributed by atoms with Crippen LogP contribution in [0.1, 0.15) is 0 Å². The molecule has 0 aliphatic rings. The van der Waals surface area contributed by atoms with Gasteiger partial charge in [0, 0.05) is 0 Å². The molecule has 0 unspecified atom stereocenters. The smallest absolute Gasteiger partial charge is 0.318 e. The first kappa shape index (κ1) is 21.6. The highest BCUT2D eigenvalue weighted by molar-refractivity contribution is 9.10. The average molecular weight is 500 g/mol. The van der Waals surface area contributed by atoms with Gasteiger partial charge in [0.25, 0.3) is 0 Å². The molecule has 0 aromatic heterocycles. The molecule has 10 nitrogen and oxygen atoms in total. The predicted octanol–water partition coefficient (Wildman–Crippen LogP) is 3.56. The molecule has 0 amide bonds. The fourth-order valence-corrected chi connectivity index (χ4v) is 2.31. The largest absolute Gasteiger partial charge is 0.330 e. The molecule has 14 heteroatoms. The Kier molecular flexibility index (Phi) is 7.76. The van der Waals surface area contributed by atoms with E-state index in [-0.39, 0.29) is 20.3 Å². The summed E-state index contributed by atoms with van der Waals surface area (Å²) in [5.41, 5.74) is 2.62. The van der Waals surface area contributed by atoms with Crippen molar-refractivity contribution in [2.45, 2.75) is 0 Å². The van der Waals surface area contributed by atoms with Gasteiger partial charge in [-0.1, -0.05) is 0 Å². The van der Waals surface area contributed by atoms with Crippen molar-refractivity contribution >= 4 is 54.6 Å². The molecule has 2 aromatic carbocycles. The van der Waals surface area contributed by atoms with Crippen molar-refractivity contribution in [3.63, 3.8) is 0 Å². The minimum atomic E-state index is -0.944. The molecule has 0 atom stereocenters. The molecule has 0 spiro atoms. The number of rotatable bonds is 4. The summed E-state index contributed by atoms with van der Waals surface area (Å²) < 4.78 is 26.3. The second-order valence-electron chi connectivity index (χ2n) is 4.32. The molecule has 0 saturated heterocycles. The van der Waals surface area contributed by atoms with E-state index in [9.17, 15) is 29.0 Å². The lowest BCUT2D eigenvalue weighted by Gasteiger charge is -2.02. The molecule has 26 heavy (non-hydrogen) atoms. The number of nitrogens with zero attached hydrogens (tertiary/aromatic N) is 2. The van der Waals surface area contributed by atoms with E-state index in [0.29, 0.717) is 0 Å². The lowest BCUT2D eigenvalue weighted by molar-refractivity contribution is -0.386. The first-order chi connectivity index (χ1) is 12.1. The van der Waals surface area contributed by atoms with E-state index in [1.807, 2.05) is 10.9 Å². The third-order valence-electron chi connectivity index (χ3n) is 2.81. The van der Waals surface area contributed by atoms with Crippen LogP contribution in [0.4, 0.5) is 31.5 Å². The number of hydrogen-bond donors (Lipinski definition) is 4. The third-order valence-corrected chi connectivity index (χ3v) is 4.04. The van der Waals surface area contributed by atoms with Gasteiger partial charge >= 0.3 is 11.4 Å². The number of nitrogens with two attached hydrogens (primary N) is 2. The Morgan fingerprint density at radius 3 is 1.35 bits per heavy atom. The Bertz CT molecular complexity index is 785. The molecule has 2 rings (SSSR count). The quantitative estimate of drug-likeness (QED) is 0.282. The lowest BCUT2D eigenvalue weighted by Crippen LogP contribution is -2.10. The number of nitro benzene ring substituents is 2. The van der Waals surface area contributed by atoms with Gasteiger partial charge in [-0.25, -0.2) is 0 Å². The molecule has 0 bridgehead atoms. The van der Waals surface area contributed by atoms with Crippen LogP contribution >= 0.6 is 31.9 Å². The number of hydrazine groups is 2. The molecular formula is C12H10Br2F2N6O4. The van der Waals surface area contributed by atoms with Crippen molar-refractivity contribution in [1.82, 2.24) is 0 Å². The maximum Gasteiger partial charge on any atom is 0.330 e. The summed E-state index contributed by atoms with van der Waals surface area (Å²) in [7, 11) is 0. The number of benzene rings is 2. The van der Waals surface area contributed by atoms with Crippen LogP contribution < -0.4 is 22.5 Å². The zero-order chi connectivity index (χ0) is 20.0. The van der Waals surface area contributed by atoms with E-state index < -0.39 is 32.9 Å².